The van der Waals surface area contributed by atoms with Crippen molar-refractivity contribution >= 4 is 16.9 Å². The van der Waals surface area contributed by atoms with Crippen molar-refractivity contribution in [3.05, 3.63) is 0 Å². The Morgan fingerprint density at radius 2 is 0.933 bits per heavy atom. The average molecular weight is 255 g/mol. The minimum Gasteiger partial charge on any atom is -0.0776 e. The van der Waals surface area contributed by atoms with Gasteiger partial charge >= 0.3 is 0 Å². The second-order valence-corrected chi connectivity index (χ2v) is 14.1. The molecule has 0 amide bonds. The van der Waals surface area contributed by atoms with E-state index in [0.717, 1.165) is 0 Å². The molecule has 0 nitrogen and oxygen atoms in total. The monoisotopic (exact) mass is 254 g/mol. The Labute approximate surface area is 106 Å². The molecule has 0 aromatic rings. The van der Waals surface area contributed by atoms with Gasteiger partial charge in [0.2, 0.25) is 0 Å². The van der Waals surface area contributed by atoms with Crippen LogP contribution in [0.4, 0.5) is 0 Å². The molecule has 15 heavy (non-hydrogen) atoms. The van der Waals surface area contributed by atoms with Gasteiger partial charge in [0.15, 0.2) is 0 Å². The fraction of sp³-hybridized carbons (Fsp3) is 1.00. The Bertz CT molecular complexity index is 73.1. The lowest BCUT2D eigenvalue weighted by Crippen LogP contribution is -2.16. The third-order valence-electron chi connectivity index (χ3n) is 1.88. The predicted octanol–water partition coefficient (Wildman–Crippen LogP) is 6.38. The van der Waals surface area contributed by atoms with E-state index in [2.05, 4.69) is 46.6 Å². The van der Waals surface area contributed by atoms with E-state index in [0.29, 0.717) is 0 Å². The molecule has 0 saturated heterocycles. The number of hydrogen-bond donors (Lipinski definition) is 0. The van der Waals surface area contributed by atoms with Gasteiger partial charge in [-0.15, -0.1) is 0 Å². The first-order valence-corrected chi connectivity index (χ1v) is 11.7. The van der Waals surface area contributed by atoms with Crippen LogP contribution in [0, 0.1) is 0 Å². The predicted molar refractivity (Wildman–Crippen MR) is 90.1 cm³/mol. The fourth-order valence-electron chi connectivity index (χ4n) is 0. The van der Waals surface area contributed by atoms with Crippen molar-refractivity contribution in [1.29, 1.82) is 0 Å². The SMILES string of the molecule is C.C.C.C.CC[SiH](C)C.CC[Si](C)(C)C. The minimum atomic E-state index is -0.631. The van der Waals surface area contributed by atoms with Gasteiger partial charge in [-0.1, -0.05) is 88.4 Å². The molecule has 0 aromatic carbocycles. The minimum absolute atomic E-state index is 0. The molecule has 0 aromatic heterocycles. The van der Waals surface area contributed by atoms with E-state index in [1.54, 1.807) is 0 Å². The molecule has 0 fully saturated rings. The Hall–Kier alpha value is 0.434. The van der Waals surface area contributed by atoms with Crippen molar-refractivity contribution in [1.82, 2.24) is 0 Å². The van der Waals surface area contributed by atoms with Crippen LogP contribution in [0.1, 0.15) is 43.6 Å². The van der Waals surface area contributed by atoms with E-state index in [1.165, 1.54) is 12.1 Å². The molecular formula is C13H42Si2. The summed E-state index contributed by atoms with van der Waals surface area (Å²) in [7, 11) is -0.781. The molecule has 0 N–H and O–H groups in total. The zero-order chi connectivity index (χ0) is 9.49. The van der Waals surface area contributed by atoms with E-state index in [4.69, 9.17) is 0 Å². The second-order valence-electron chi connectivity index (χ2n) is 4.72. The van der Waals surface area contributed by atoms with Gasteiger partial charge < -0.3 is 0 Å². The van der Waals surface area contributed by atoms with E-state index in [1.807, 2.05) is 0 Å². The largest absolute Gasteiger partial charge is 0.0776 e. The molecular weight excluding hydrogens is 212 g/mol. The summed E-state index contributed by atoms with van der Waals surface area (Å²) in [6.45, 7) is 16.4. The maximum atomic E-state index is 2.38. The summed E-state index contributed by atoms with van der Waals surface area (Å²) >= 11 is 0. The van der Waals surface area contributed by atoms with Crippen LogP contribution in [0.15, 0.2) is 0 Å². The van der Waals surface area contributed by atoms with Crippen molar-refractivity contribution < 1.29 is 0 Å². The Kier molecular flexibility index (Phi) is 48.0. The van der Waals surface area contributed by atoms with Gasteiger partial charge in [-0.3, -0.25) is 0 Å². The van der Waals surface area contributed by atoms with E-state index >= 15 is 0 Å². The lowest BCUT2D eigenvalue weighted by Gasteiger charge is -2.09. The highest BCUT2D eigenvalue weighted by atomic mass is 28.3. The molecule has 0 saturated carbocycles. The van der Waals surface area contributed by atoms with Gasteiger partial charge in [-0.2, -0.15) is 0 Å². The van der Waals surface area contributed by atoms with Gasteiger partial charge in [0.05, 0.1) is 0 Å². The number of hydrogen-bond acceptors (Lipinski definition) is 0. The van der Waals surface area contributed by atoms with Gasteiger partial charge in [0, 0.05) is 16.9 Å². The molecule has 0 atom stereocenters. The molecule has 0 aliphatic rings. The lowest BCUT2D eigenvalue weighted by atomic mass is 11.0. The molecule has 0 radical (unpaired) electrons. The summed E-state index contributed by atoms with van der Waals surface area (Å²) in [5, 5.41) is 0. The van der Waals surface area contributed by atoms with Gasteiger partial charge in [0.25, 0.3) is 0 Å². The van der Waals surface area contributed by atoms with Crippen LogP contribution in [0.5, 0.6) is 0 Å². The van der Waals surface area contributed by atoms with Crippen molar-refractivity contribution in [3.63, 3.8) is 0 Å². The van der Waals surface area contributed by atoms with Crippen LogP contribution in [0.25, 0.3) is 0 Å². The molecule has 0 spiro atoms. The van der Waals surface area contributed by atoms with Crippen molar-refractivity contribution in [3.8, 4) is 0 Å². The Morgan fingerprint density at radius 3 is 0.933 bits per heavy atom. The molecule has 102 valence electrons. The highest BCUT2D eigenvalue weighted by Crippen LogP contribution is 2.04. The van der Waals surface area contributed by atoms with Crippen LogP contribution < -0.4 is 0 Å². The highest BCUT2D eigenvalue weighted by molar-refractivity contribution is 6.75. The smallest absolute Gasteiger partial charge is 0.0439 e. The maximum Gasteiger partial charge on any atom is 0.0439 e. The first-order chi connectivity index (χ1) is 4.83. The highest BCUT2D eigenvalue weighted by Gasteiger charge is 2.06. The van der Waals surface area contributed by atoms with Gasteiger partial charge in [-0.25, -0.2) is 0 Å². The maximum absolute atomic E-state index is 2.38. The van der Waals surface area contributed by atoms with E-state index in [9.17, 15) is 0 Å². The molecule has 2 heteroatoms. The van der Waals surface area contributed by atoms with Gasteiger partial charge in [-0.05, 0) is 0 Å². The number of rotatable bonds is 2. The zero-order valence-electron chi connectivity index (χ0n) is 9.49. The first kappa shape index (κ1) is 36.1. The van der Waals surface area contributed by atoms with Crippen molar-refractivity contribution in [2.45, 2.75) is 88.4 Å². The normalized spacial score (nSPS) is 8.00. The molecule has 0 heterocycles. The third-order valence-corrected chi connectivity index (χ3v) is 5.63. The summed E-state index contributed by atoms with van der Waals surface area (Å²) in [5.74, 6) is 0. The average Bonchev–Trinajstić information content (AvgIpc) is 1.88. The van der Waals surface area contributed by atoms with Gasteiger partial charge in [0.1, 0.15) is 0 Å². The topological polar surface area (TPSA) is 0 Å². The third kappa shape index (κ3) is 75.6. The van der Waals surface area contributed by atoms with Crippen molar-refractivity contribution in [2.24, 2.45) is 0 Å². The molecule has 0 aliphatic heterocycles. The standard InChI is InChI=1S/C5H14Si.C4H12Si.4CH4/c1-5-6(2,3)4;1-4-5(2)3;;;;/h5H2,1-4H3;5H,4H2,1-3H3;4*1H4. The van der Waals surface area contributed by atoms with E-state index < -0.39 is 8.07 Å². The summed E-state index contributed by atoms with van der Waals surface area (Å²) in [5.41, 5.74) is 0. The van der Waals surface area contributed by atoms with Crippen LogP contribution >= 0.6 is 0 Å². The van der Waals surface area contributed by atoms with Crippen LogP contribution in [-0.4, -0.2) is 16.9 Å². The van der Waals surface area contributed by atoms with Crippen LogP contribution in [-0.2, 0) is 0 Å². The molecule has 0 bridgehead atoms. The molecule has 0 unspecified atom stereocenters. The first-order valence-electron chi connectivity index (χ1n) is 4.83. The molecule has 0 aliphatic carbocycles. The van der Waals surface area contributed by atoms with Crippen LogP contribution in [0.3, 0.4) is 0 Å². The lowest BCUT2D eigenvalue weighted by molar-refractivity contribution is 1.36. The fourth-order valence-corrected chi connectivity index (χ4v) is 0. The Morgan fingerprint density at radius 1 is 0.800 bits per heavy atom. The van der Waals surface area contributed by atoms with E-state index in [-0.39, 0.29) is 38.5 Å². The second kappa shape index (κ2) is 19.9. The summed E-state index contributed by atoms with van der Waals surface area (Å²) < 4.78 is 0. The summed E-state index contributed by atoms with van der Waals surface area (Å²) in [6, 6.07) is 2.85. The Balaban J connectivity index is -0.0000000215. The summed E-state index contributed by atoms with van der Waals surface area (Å²) in [6.07, 6.45) is 0. The zero-order valence-corrected chi connectivity index (χ0v) is 11.6. The van der Waals surface area contributed by atoms with Crippen molar-refractivity contribution in [2.75, 3.05) is 0 Å². The summed E-state index contributed by atoms with van der Waals surface area (Å²) in [4.78, 5) is 0. The molecule has 0 rings (SSSR count). The quantitative estimate of drug-likeness (QED) is 0.501. The van der Waals surface area contributed by atoms with Crippen LogP contribution in [0.2, 0.25) is 44.8 Å².